The Balaban J connectivity index is 1.52. The van der Waals surface area contributed by atoms with E-state index in [1.165, 1.54) is 18.2 Å². The molecule has 1 atom stereocenters. The molecule has 0 saturated carbocycles. The predicted molar refractivity (Wildman–Crippen MR) is 137 cm³/mol. The monoisotopic (exact) mass is 507 g/mol. The van der Waals surface area contributed by atoms with Crippen molar-refractivity contribution in [2.24, 2.45) is 0 Å². The summed E-state index contributed by atoms with van der Waals surface area (Å²) in [5, 5.41) is 42.5. The maximum Gasteiger partial charge on any atom is 0.338 e. The van der Waals surface area contributed by atoms with Gasteiger partial charge in [-0.15, -0.1) is 0 Å². The average molecular weight is 508 g/mol. The Morgan fingerprint density at radius 3 is 2.41 bits per heavy atom. The van der Waals surface area contributed by atoms with Gasteiger partial charge in [-0.25, -0.2) is 9.18 Å². The van der Waals surface area contributed by atoms with E-state index >= 15 is 0 Å². The summed E-state index contributed by atoms with van der Waals surface area (Å²) in [6.45, 7) is 1.97. The Labute approximate surface area is 214 Å². The molecule has 0 saturated heterocycles. The Morgan fingerprint density at radius 1 is 1.03 bits per heavy atom. The Hall–Kier alpha value is -4.04. The highest BCUT2D eigenvalue weighted by atomic mass is 19.1. The number of carbonyl (C=O) groups is 1. The van der Waals surface area contributed by atoms with Crippen molar-refractivity contribution in [1.29, 1.82) is 0 Å². The molecule has 0 aliphatic heterocycles. The molecule has 8 heteroatoms. The van der Waals surface area contributed by atoms with Gasteiger partial charge in [-0.05, 0) is 78.6 Å². The minimum Gasteiger partial charge on any atom is -0.508 e. The smallest absolute Gasteiger partial charge is 0.338 e. The fourth-order valence-corrected chi connectivity index (χ4v) is 4.36. The van der Waals surface area contributed by atoms with Crippen LogP contribution in [0.1, 0.15) is 46.8 Å². The van der Waals surface area contributed by atoms with Gasteiger partial charge in [-0.2, -0.15) is 0 Å². The van der Waals surface area contributed by atoms with Crippen LogP contribution < -0.4 is 0 Å². The standard InChI is InChI=1S/C29H30FNO6/c1-2-3-4-18-11-27(34)25(28(35)12-18)16-31-15-20(24-14-22(32)9-10-26(24)31)13-23(33)17-37-29(36)19-5-7-21(30)8-6-19/h5-12,14-15,23,32-35H,2-4,13,16-17H2,1H3. The van der Waals surface area contributed by atoms with Crippen LogP contribution in [-0.4, -0.2) is 43.7 Å². The number of ether oxygens (including phenoxy) is 1. The molecule has 1 heterocycles. The van der Waals surface area contributed by atoms with Crippen LogP contribution >= 0.6 is 0 Å². The Bertz CT molecular complexity index is 1370. The number of esters is 1. The molecule has 4 rings (SSSR count). The van der Waals surface area contributed by atoms with Gasteiger partial charge in [0.1, 0.15) is 29.7 Å². The van der Waals surface area contributed by atoms with E-state index in [1.807, 2.05) is 4.57 Å². The lowest BCUT2D eigenvalue weighted by molar-refractivity contribution is 0.0259. The van der Waals surface area contributed by atoms with Gasteiger partial charge in [0.15, 0.2) is 0 Å². The summed E-state index contributed by atoms with van der Waals surface area (Å²) in [6.07, 6.45) is 3.58. The number of unbranched alkanes of at least 4 members (excludes halogenated alkanes) is 1. The van der Waals surface area contributed by atoms with Gasteiger partial charge in [0.05, 0.1) is 23.8 Å². The number of aromatic hydroxyl groups is 3. The van der Waals surface area contributed by atoms with Crippen LogP contribution in [0.4, 0.5) is 4.39 Å². The average Bonchev–Trinajstić information content (AvgIpc) is 3.19. The summed E-state index contributed by atoms with van der Waals surface area (Å²) in [4.78, 5) is 12.2. The zero-order valence-electron chi connectivity index (χ0n) is 20.5. The second kappa shape index (κ2) is 11.3. The van der Waals surface area contributed by atoms with Crippen LogP contribution in [0.3, 0.4) is 0 Å². The highest BCUT2D eigenvalue weighted by Crippen LogP contribution is 2.33. The van der Waals surface area contributed by atoms with Crippen molar-refractivity contribution in [1.82, 2.24) is 4.57 Å². The van der Waals surface area contributed by atoms with Crippen molar-refractivity contribution >= 4 is 16.9 Å². The molecule has 0 amide bonds. The number of aliphatic hydroxyl groups excluding tert-OH is 1. The third-order valence-electron chi connectivity index (χ3n) is 6.30. The predicted octanol–water partition coefficient (Wildman–Crippen LogP) is 5.05. The molecule has 4 N–H and O–H groups in total. The number of hydrogen-bond donors (Lipinski definition) is 4. The first-order chi connectivity index (χ1) is 17.7. The number of rotatable bonds is 10. The van der Waals surface area contributed by atoms with Crippen molar-refractivity contribution in [2.75, 3.05) is 6.61 Å². The van der Waals surface area contributed by atoms with Crippen LogP contribution in [0.5, 0.6) is 17.2 Å². The number of hydrogen-bond acceptors (Lipinski definition) is 6. The number of fused-ring (bicyclic) bond motifs is 1. The third-order valence-corrected chi connectivity index (χ3v) is 6.30. The van der Waals surface area contributed by atoms with Crippen LogP contribution in [0, 0.1) is 5.82 Å². The summed E-state index contributed by atoms with van der Waals surface area (Å²) >= 11 is 0. The summed E-state index contributed by atoms with van der Waals surface area (Å²) in [5.41, 5.74) is 2.83. The molecule has 7 nitrogen and oxygen atoms in total. The van der Waals surface area contributed by atoms with Gasteiger partial charge in [0.2, 0.25) is 0 Å². The van der Waals surface area contributed by atoms with Crippen LogP contribution in [-0.2, 0) is 24.1 Å². The molecule has 0 radical (unpaired) electrons. The number of phenols is 3. The molecule has 0 aliphatic carbocycles. The number of carbonyl (C=O) groups excluding carboxylic acids is 1. The topological polar surface area (TPSA) is 112 Å². The van der Waals surface area contributed by atoms with Gasteiger partial charge in [0.25, 0.3) is 0 Å². The molecule has 194 valence electrons. The molecule has 0 bridgehead atoms. The summed E-state index contributed by atoms with van der Waals surface area (Å²) < 4.78 is 20.1. The first-order valence-corrected chi connectivity index (χ1v) is 12.2. The van der Waals surface area contributed by atoms with E-state index in [-0.39, 0.29) is 42.4 Å². The Morgan fingerprint density at radius 2 is 1.73 bits per heavy atom. The van der Waals surface area contributed by atoms with Crippen molar-refractivity contribution in [2.45, 2.75) is 45.3 Å². The van der Waals surface area contributed by atoms with Crippen LogP contribution in [0.2, 0.25) is 0 Å². The number of nitrogens with zero attached hydrogens (tertiary/aromatic N) is 1. The normalized spacial score (nSPS) is 12.1. The summed E-state index contributed by atoms with van der Waals surface area (Å²) in [6, 6.07) is 13.1. The zero-order valence-corrected chi connectivity index (χ0v) is 20.5. The van der Waals surface area contributed by atoms with E-state index in [4.69, 9.17) is 4.74 Å². The summed E-state index contributed by atoms with van der Waals surface area (Å²) in [7, 11) is 0. The molecule has 1 aromatic heterocycles. The highest BCUT2D eigenvalue weighted by molar-refractivity contribution is 5.89. The lowest BCUT2D eigenvalue weighted by atomic mass is 10.0. The third kappa shape index (κ3) is 6.21. The second-order valence-electron chi connectivity index (χ2n) is 9.16. The van der Waals surface area contributed by atoms with Crippen LogP contribution in [0.15, 0.2) is 60.8 Å². The lowest BCUT2D eigenvalue weighted by Gasteiger charge is -2.12. The van der Waals surface area contributed by atoms with E-state index in [2.05, 4.69) is 6.92 Å². The largest absolute Gasteiger partial charge is 0.508 e. The van der Waals surface area contributed by atoms with Gasteiger partial charge < -0.3 is 29.7 Å². The molecule has 4 aromatic rings. The van der Waals surface area contributed by atoms with E-state index in [0.717, 1.165) is 42.5 Å². The quantitative estimate of drug-likeness (QED) is 0.224. The maximum absolute atomic E-state index is 13.1. The number of aryl methyl sites for hydroxylation is 1. The second-order valence-corrected chi connectivity index (χ2v) is 9.16. The first kappa shape index (κ1) is 26.0. The molecule has 0 aliphatic rings. The number of aliphatic hydroxyl groups is 1. The van der Waals surface area contributed by atoms with Gasteiger partial charge in [0, 0.05) is 23.5 Å². The number of aromatic nitrogens is 1. The molecule has 0 spiro atoms. The maximum atomic E-state index is 13.1. The fourth-order valence-electron chi connectivity index (χ4n) is 4.36. The molecule has 3 aromatic carbocycles. The SMILES string of the molecule is CCCCc1cc(O)c(Cn2cc(CC(O)COC(=O)c3ccc(F)cc3)c3cc(O)ccc32)c(O)c1. The molecule has 37 heavy (non-hydrogen) atoms. The number of benzene rings is 3. The molecular formula is C29H30FNO6. The molecule has 1 unspecified atom stereocenters. The number of phenolic OH excluding ortho intramolecular Hbond substituents is 3. The van der Waals surface area contributed by atoms with Gasteiger partial charge in [-0.3, -0.25) is 0 Å². The lowest BCUT2D eigenvalue weighted by Crippen LogP contribution is -2.21. The Kier molecular flexibility index (Phi) is 7.98. The van der Waals surface area contributed by atoms with E-state index in [9.17, 15) is 29.6 Å². The minimum absolute atomic E-state index is 0.000946. The minimum atomic E-state index is -1.04. The van der Waals surface area contributed by atoms with Crippen LogP contribution in [0.25, 0.3) is 10.9 Å². The summed E-state index contributed by atoms with van der Waals surface area (Å²) in [5.74, 6) is -1.09. The fraction of sp³-hybridized carbons (Fsp3) is 0.276. The van der Waals surface area contributed by atoms with E-state index in [1.54, 1.807) is 30.5 Å². The first-order valence-electron chi connectivity index (χ1n) is 12.2. The van der Waals surface area contributed by atoms with E-state index < -0.39 is 17.9 Å². The van der Waals surface area contributed by atoms with Gasteiger partial charge in [-0.1, -0.05) is 13.3 Å². The molecular weight excluding hydrogens is 477 g/mol. The number of halogens is 1. The van der Waals surface area contributed by atoms with Crippen molar-refractivity contribution in [3.63, 3.8) is 0 Å². The van der Waals surface area contributed by atoms with Gasteiger partial charge >= 0.3 is 5.97 Å². The van der Waals surface area contributed by atoms with Crippen molar-refractivity contribution < 1.29 is 34.3 Å². The highest BCUT2D eigenvalue weighted by Gasteiger charge is 2.18. The molecule has 0 fully saturated rings. The van der Waals surface area contributed by atoms with Crippen molar-refractivity contribution in [3.8, 4) is 17.2 Å². The zero-order chi connectivity index (χ0) is 26.5. The van der Waals surface area contributed by atoms with Crippen molar-refractivity contribution in [3.05, 3.63) is 88.9 Å². The van der Waals surface area contributed by atoms with E-state index in [0.29, 0.717) is 16.5 Å².